The third-order valence-corrected chi connectivity index (χ3v) is 6.86. The molecular formula is C19H28O6. The highest BCUT2D eigenvalue weighted by Gasteiger charge is 2.65. The van der Waals surface area contributed by atoms with Crippen molar-refractivity contribution in [2.75, 3.05) is 7.11 Å². The van der Waals surface area contributed by atoms with E-state index in [2.05, 4.69) is 0 Å². The van der Waals surface area contributed by atoms with E-state index in [1.165, 1.54) is 26.4 Å². The fraction of sp³-hybridized carbons (Fsp3) is 0.947. The van der Waals surface area contributed by atoms with E-state index in [-0.39, 0.29) is 47.9 Å². The fourth-order valence-corrected chi connectivity index (χ4v) is 5.74. The number of methoxy groups -OCH3 is 1. The molecule has 3 aliphatic heterocycles. The van der Waals surface area contributed by atoms with Crippen LogP contribution in [-0.4, -0.2) is 55.0 Å². The van der Waals surface area contributed by atoms with E-state index in [1.54, 1.807) is 0 Å². The molecule has 0 aromatic rings. The van der Waals surface area contributed by atoms with Gasteiger partial charge in [0.15, 0.2) is 5.79 Å². The summed E-state index contributed by atoms with van der Waals surface area (Å²) in [6.07, 6.45) is 9.57. The van der Waals surface area contributed by atoms with Crippen LogP contribution in [0.3, 0.4) is 0 Å². The third-order valence-electron chi connectivity index (χ3n) is 6.86. The van der Waals surface area contributed by atoms with E-state index >= 15 is 0 Å². The van der Waals surface area contributed by atoms with Crippen molar-refractivity contribution in [2.24, 2.45) is 0 Å². The van der Waals surface area contributed by atoms with Crippen LogP contribution in [-0.2, 0) is 28.5 Å². The van der Waals surface area contributed by atoms with Crippen LogP contribution in [0, 0.1) is 0 Å². The van der Waals surface area contributed by atoms with Crippen LogP contribution < -0.4 is 0 Å². The van der Waals surface area contributed by atoms with Gasteiger partial charge in [-0.1, -0.05) is 6.42 Å². The summed E-state index contributed by atoms with van der Waals surface area (Å²) in [4.78, 5) is 11.6. The van der Waals surface area contributed by atoms with Crippen LogP contribution in [0.1, 0.15) is 64.2 Å². The van der Waals surface area contributed by atoms with E-state index in [4.69, 9.17) is 23.7 Å². The highest BCUT2D eigenvalue weighted by Crippen LogP contribution is 2.55. The van der Waals surface area contributed by atoms with Gasteiger partial charge in [-0.25, -0.2) is 0 Å². The minimum absolute atomic E-state index is 0.0389. The number of fused-ring (bicyclic) bond motifs is 3. The van der Waals surface area contributed by atoms with Gasteiger partial charge in [-0.2, -0.15) is 0 Å². The number of carbonyl (C=O) groups excluding carboxylic acids is 1. The molecule has 0 N–H and O–H groups in total. The molecule has 2 aliphatic carbocycles. The quantitative estimate of drug-likeness (QED) is 0.712. The highest BCUT2D eigenvalue weighted by atomic mass is 16.8. The Balaban J connectivity index is 1.33. The zero-order valence-corrected chi connectivity index (χ0v) is 14.9. The zero-order valence-electron chi connectivity index (χ0n) is 14.9. The van der Waals surface area contributed by atoms with Gasteiger partial charge in [0.1, 0.15) is 6.10 Å². The predicted molar refractivity (Wildman–Crippen MR) is 86.9 cm³/mol. The van der Waals surface area contributed by atoms with E-state index < -0.39 is 0 Å². The molecule has 0 aromatic heterocycles. The lowest BCUT2D eigenvalue weighted by atomic mass is 9.76. The van der Waals surface area contributed by atoms with Crippen molar-refractivity contribution in [1.29, 1.82) is 0 Å². The summed E-state index contributed by atoms with van der Waals surface area (Å²) in [6.45, 7) is 0. The van der Waals surface area contributed by atoms with E-state index in [0.29, 0.717) is 6.42 Å². The molecule has 5 rings (SSSR count). The van der Waals surface area contributed by atoms with Crippen molar-refractivity contribution in [3.63, 3.8) is 0 Å². The minimum Gasteiger partial charge on any atom is -0.469 e. The Labute approximate surface area is 148 Å². The van der Waals surface area contributed by atoms with Gasteiger partial charge in [0, 0.05) is 25.7 Å². The minimum atomic E-state index is -0.381. The van der Waals surface area contributed by atoms with Crippen LogP contribution in [0.2, 0.25) is 0 Å². The summed E-state index contributed by atoms with van der Waals surface area (Å²) in [5, 5.41) is 0. The Morgan fingerprint density at radius 1 is 1.04 bits per heavy atom. The number of hydrogen-bond donors (Lipinski definition) is 0. The molecule has 3 unspecified atom stereocenters. The Morgan fingerprint density at radius 3 is 2.64 bits per heavy atom. The number of esters is 1. The van der Waals surface area contributed by atoms with Crippen LogP contribution in [0.4, 0.5) is 0 Å². The van der Waals surface area contributed by atoms with Gasteiger partial charge in [0.2, 0.25) is 0 Å². The largest absolute Gasteiger partial charge is 0.469 e. The molecule has 2 saturated carbocycles. The van der Waals surface area contributed by atoms with Crippen molar-refractivity contribution in [1.82, 2.24) is 0 Å². The highest BCUT2D eigenvalue weighted by molar-refractivity contribution is 5.69. The van der Waals surface area contributed by atoms with Crippen molar-refractivity contribution in [3.05, 3.63) is 0 Å². The maximum Gasteiger partial charge on any atom is 0.308 e. The SMILES string of the molecule is COC(=O)CC1CCC2O[C@@H]3CC2(C[C@H]2OC4(CCCCC4)O[C@@H]32)O1. The van der Waals surface area contributed by atoms with Crippen molar-refractivity contribution < 1.29 is 28.5 Å². The Bertz CT molecular complexity index is 544. The Hall–Kier alpha value is -0.690. The second-order valence-electron chi connectivity index (χ2n) is 8.44. The topological polar surface area (TPSA) is 63.2 Å². The average Bonchev–Trinajstić information content (AvgIpc) is 3.11. The maximum absolute atomic E-state index is 11.6. The smallest absolute Gasteiger partial charge is 0.308 e. The first kappa shape index (κ1) is 16.5. The fourth-order valence-electron chi connectivity index (χ4n) is 5.74. The van der Waals surface area contributed by atoms with Gasteiger partial charge in [-0.15, -0.1) is 0 Å². The van der Waals surface area contributed by atoms with Crippen LogP contribution in [0.15, 0.2) is 0 Å². The summed E-state index contributed by atoms with van der Waals surface area (Å²) in [6, 6.07) is 0. The van der Waals surface area contributed by atoms with E-state index in [1.807, 2.05) is 0 Å². The average molecular weight is 352 g/mol. The monoisotopic (exact) mass is 352 g/mol. The molecule has 0 amide bonds. The van der Waals surface area contributed by atoms with Gasteiger partial charge in [0.25, 0.3) is 0 Å². The summed E-state index contributed by atoms with van der Waals surface area (Å²) in [7, 11) is 1.43. The van der Waals surface area contributed by atoms with Gasteiger partial charge in [-0.3, -0.25) is 4.79 Å². The molecule has 0 aromatic carbocycles. The lowest BCUT2D eigenvalue weighted by molar-refractivity contribution is -0.216. The second kappa shape index (κ2) is 5.91. The van der Waals surface area contributed by atoms with Gasteiger partial charge >= 0.3 is 5.97 Å². The molecule has 6 nitrogen and oxygen atoms in total. The summed E-state index contributed by atoms with van der Waals surface area (Å²) in [5.74, 6) is -0.584. The number of hydrogen-bond acceptors (Lipinski definition) is 6. The summed E-state index contributed by atoms with van der Waals surface area (Å²) >= 11 is 0. The number of carbonyl (C=O) groups is 1. The maximum atomic E-state index is 11.6. The van der Waals surface area contributed by atoms with E-state index in [0.717, 1.165) is 38.5 Å². The van der Waals surface area contributed by atoms with Crippen LogP contribution >= 0.6 is 0 Å². The molecule has 6 atom stereocenters. The van der Waals surface area contributed by atoms with Gasteiger partial charge in [0.05, 0.1) is 43.5 Å². The zero-order chi connectivity index (χ0) is 17.1. The molecule has 140 valence electrons. The molecule has 5 aliphatic rings. The van der Waals surface area contributed by atoms with Gasteiger partial charge in [-0.05, 0) is 25.7 Å². The first-order valence-corrected chi connectivity index (χ1v) is 9.87. The Morgan fingerprint density at radius 2 is 1.84 bits per heavy atom. The summed E-state index contributed by atoms with van der Waals surface area (Å²) < 4.78 is 30.6. The van der Waals surface area contributed by atoms with Crippen LogP contribution in [0.25, 0.3) is 0 Å². The number of rotatable bonds is 2. The Kier molecular flexibility index (Phi) is 3.90. The normalized spacial score (nSPS) is 47.3. The predicted octanol–water partition coefficient (Wildman–Crippen LogP) is 2.47. The third kappa shape index (κ3) is 2.64. The molecule has 6 heteroatoms. The van der Waals surface area contributed by atoms with E-state index in [9.17, 15) is 4.79 Å². The molecule has 3 saturated heterocycles. The lowest BCUT2D eigenvalue weighted by Crippen LogP contribution is -2.54. The second-order valence-corrected chi connectivity index (χ2v) is 8.44. The van der Waals surface area contributed by atoms with Crippen molar-refractivity contribution >= 4 is 5.97 Å². The molecule has 0 radical (unpaired) electrons. The van der Waals surface area contributed by atoms with Crippen molar-refractivity contribution in [3.8, 4) is 0 Å². The van der Waals surface area contributed by atoms with Gasteiger partial charge < -0.3 is 23.7 Å². The first-order chi connectivity index (χ1) is 12.1. The molecule has 5 fully saturated rings. The molecule has 25 heavy (non-hydrogen) atoms. The standard InChI is InChI=1S/C19H28O6/c1-21-16(20)9-12-5-6-15-18(23-12)10-13(22-15)17-14(11-18)24-19(25-17)7-3-2-4-8-19/h12-15,17H,2-11H2,1H3/t12?,13-,14-,15?,17+,18?/m1/s1. The first-order valence-electron chi connectivity index (χ1n) is 9.87. The molecular weight excluding hydrogens is 324 g/mol. The molecule has 3 heterocycles. The molecule has 2 bridgehead atoms. The van der Waals surface area contributed by atoms with Crippen molar-refractivity contribution in [2.45, 2.75) is 106 Å². The number of ether oxygens (including phenoxy) is 5. The summed E-state index contributed by atoms with van der Waals surface area (Å²) in [5.41, 5.74) is -0.313. The lowest BCUT2D eigenvalue weighted by Gasteiger charge is -2.44. The molecule has 2 spiro atoms. The van der Waals surface area contributed by atoms with Crippen LogP contribution in [0.5, 0.6) is 0 Å².